The lowest BCUT2D eigenvalue weighted by molar-refractivity contribution is 0.140. The van der Waals surface area contributed by atoms with Crippen LogP contribution in [0, 0.1) is 41.4 Å². The van der Waals surface area contributed by atoms with Crippen LogP contribution in [-0.4, -0.2) is 4.98 Å². The number of aryl methyl sites for hydroxylation is 1. The number of halogens is 3. The quantitative estimate of drug-likeness (QED) is 0.454. The lowest BCUT2D eigenvalue weighted by Crippen LogP contribution is -2.26. The van der Waals surface area contributed by atoms with Gasteiger partial charge in [0.1, 0.15) is 0 Å². The summed E-state index contributed by atoms with van der Waals surface area (Å²) < 4.78 is 39.9. The van der Waals surface area contributed by atoms with Crippen LogP contribution in [-0.2, 0) is 6.42 Å². The zero-order valence-electron chi connectivity index (χ0n) is 16.7. The summed E-state index contributed by atoms with van der Waals surface area (Å²) in [4.78, 5) is 3.03. The molecular weight excluding hydrogens is 347 g/mol. The molecule has 0 atom stereocenters. The lowest BCUT2D eigenvalue weighted by Gasteiger charge is -2.38. The first-order valence-electron chi connectivity index (χ1n) is 11.1. The highest BCUT2D eigenvalue weighted by atomic mass is 19.2. The van der Waals surface area contributed by atoms with Crippen LogP contribution in [0.4, 0.5) is 13.2 Å². The molecule has 2 aliphatic rings. The van der Waals surface area contributed by atoms with E-state index in [1.165, 1.54) is 70.6 Å². The molecule has 4 heteroatoms. The molecular formula is C23H34F3N. The zero-order valence-corrected chi connectivity index (χ0v) is 16.7. The van der Waals surface area contributed by atoms with Crippen molar-refractivity contribution in [2.45, 2.75) is 90.4 Å². The summed E-state index contributed by atoms with van der Waals surface area (Å²) in [7, 11) is 0. The molecule has 0 radical (unpaired) electrons. The Morgan fingerprint density at radius 3 is 1.93 bits per heavy atom. The van der Waals surface area contributed by atoms with E-state index >= 15 is 0 Å². The first kappa shape index (κ1) is 20.7. The Morgan fingerprint density at radius 2 is 1.37 bits per heavy atom. The van der Waals surface area contributed by atoms with Crippen LogP contribution in [0.15, 0.2) is 6.07 Å². The van der Waals surface area contributed by atoms with E-state index in [9.17, 15) is 13.2 Å². The number of rotatable bonds is 7. The Morgan fingerprint density at radius 1 is 0.815 bits per heavy atom. The summed E-state index contributed by atoms with van der Waals surface area (Å²) in [6.45, 7) is 2.28. The Kier molecular flexibility index (Phi) is 7.60. The first-order chi connectivity index (χ1) is 13.1. The Hall–Kier alpha value is -1.06. The van der Waals surface area contributed by atoms with Gasteiger partial charge in [0, 0.05) is 5.56 Å². The van der Waals surface area contributed by atoms with Crippen LogP contribution in [0.2, 0.25) is 0 Å². The molecule has 1 aromatic heterocycles. The van der Waals surface area contributed by atoms with Gasteiger partial charge < -0.3 is 0 Å². The zero-order chi connectivity index (χ0) is 19.2. The second-order valence-electron chi connectivity index (χ2n) is 8.95. The Bertz CT molecular complexity index is 588. The first-order valence-corrected chi connectivity index (χ1v) is 11.1. The fourth-order valence-electron chi connectivity index (χ4n) is 5.41. The summed E-state index contributed by atoms with van der Waals surface area (Å²) >= 11 is 0. The van der Waals surface area contributed by atoms with Crippen molar-refractivity contribution in [1.82, 2.24) is 4.98 Å². The molecule has 0 aliphatic heterocycles. The van der Waals surface area contributed by atoms with Crippen LogP contribution in [0.5, 0.6) is 0 Å². The molecule has 0 spiro atoms. The van der Waals surface area contributed by atoms with Crippen molar-refractivity contribution in [1.29, 1.82) is 0 Å². The van der Waals surface area contributed by atoms with Gasteiger partial charge in [0.2, 0.25) is 5.95 Å². The van der Waals surface area contributed by atoms with Gasteiger partial charge in [0.05, 0.1) is 0 Å². The van der Waals surface area contributed by atoms with Crippen LogP contribution in [0.25, 0.3) is 0 Å². The van der Waals surface area contributed by atoms with Crippen molar-refractivity contribution < 1.29 is 13.2 Å². The van der Waals surface area contributed by atoms with Gasteiger partial charge in [-0.05, 0) is 68.3 Å². The van der Waals surface area contributed by atoms with Gasteiger partial charge in [-0.1, -0.05) is 51.9 Å². The van der Waals surface area contributed by atoms with E-state index in [-0.39, 0.29) is 5.56 Å². The molecule has 3 rings (SSSR count). The smallest absolute Gasteiger partial charge is 0.202 e. The highest BCUT2D eigenvalue weighted by Crippen LogP contribution is 2.43. The molecule has 0 N–H and O–H groups in total. The lowest BCUT2D eigenvalue weighted by atomic mass is 9.68. The van der Waals surface area contributed by atoms with Crippen molar-refractivity contribution in [2.75, 3.05) is 0 Å². The number of unbranched alkanes of at least 4 members (excludes halogenated alkanes) is 1. The highest BCUT2D eigenvalue weighted by Gasteiger charge is 2.30. The van der Waals surface area contributed by atoms with Gasteiger partial charge in [-0.15, -0.1) is 0 Å². The maximum atomic E-state index is 13.7. The number of hydrogen-bond donors (Lipinski definition) is 0. The fourth-order valence-corrected chi connectivity index (χ4v) is 5.41. The fraction of sp³-hybridized carbons (Fsp3) is 0.783. The van der Waals surface area contributed by atoms with Gasteiger partial charge >= 0.3 is 0 Å². The van der Waals surface area contributed by atoms with E-state index in [2.05, 4.69) is 11.9 Å². The van der Waals surface area contributed by atoms with Gasteiger partial charge in [-0.3, -0.25) is 0 Å². The predicted molar refractivity (Wildman–Crippen MR) is 103 cm³/mol. The number of pyridine rings is 1. The van der Waals surface area contributed by atoms with E-state index in [1.807, 2.05) is 0 Å². The Balaban J connectivity index is 1.39. The molecule has 0 unspecified atom stereocenters. The van der Waals surface area contributed by atoms with Crippen molar-refractivity contribution in [3.05, 3.63) is 29.3 Å². The van der Waals surface area contributed by atoms with E-state index in [0.29, 0.717) is 12.3 Å². The summed E-state index contributed by atoms with van der Waals surface area (Å²) in [5, 5.41) is 0. The molecule has 0 amide bonds. The third-order valence-corrected chi connectivity index (χ3v) is 7.20. The van der Waals surface area contributed by atoms with Crippen molar-refractivity contribution in [3.63, 3.8) is 0 Å². The standard InChI is InChI=1S/C23H34F3N/c1-2-3-4-16-5-10-18(11-6-16)19-12-7-17(8-13-19)9-14-20-15-21(24)23(26)27-22(20)25/h15-19H,2-14H2,1H3/t16-,17-,18-,19-. The van der Waals surface area contributed by atoms with E-state index in [4.69, 9.17) is 0 Å². The second-order valence-corrected chi connectivity index (χ2v) is 8.95. The summed E-state index contributed by atoms with van der Waals surface area (Å²) in [5.74, 6) is 0.0757. The molecule has 1 heterocycles. The van der Waals surface area contributed by atoms with E-state index < -0.39 is 17.7 Å². The molecule has 1 aromatic rings. The summed E-state index contributed by atoms with van der Waals surface area (Å²) in [6.07, 6.45) is 16.0. The molecule has 2 aliphatic carbocycles. The second kappa shape index (κ2) is 9.93. The summed E-state index contributed by atoms with van der Waals surface area (Å²) in [5.41, 5.74) is 0.210. The molecule has 0 saturated heterocycles. The SMILES string of the molecule is CCCC[C@H]1CC[C@H]([C@H]2CC[C@H](CCc3cc(F)c(F)nc3F)CC2)CC1. The minimum absolute atomic E-state index is 0.210. The molecule has 0 aromatic carbocycles. The van der Waals surface area contributed by atoms with Crippen LogP contribution >= 0.6 is 0 Å². The van der Waals surface area contributed by atoms with Crippen LogP contribution in [0.1, 0.15) is 89.5 Å². The third-order valence-electron chi connectivity index (χ3n) is 7.20. The van der Waals surface area contributed by atoms with Gasteiger partial charge in [0.15, 0.2) is 5.82 Å². The van der Waals surface area contributed by atoms with Crippen LogP contribution < -0.4 is 0 Å². The Labute approximate surface area is 162 Å². The predicted octanol–water partition coefficient (Wildman–Crippen LogP) is 7.23. The largest absolute Gasteiger partial charge is 0.251 e. The third kappa shape index (κ3) is 5.71. The monoisotopic (exact) mass is 381 g/mol. The maximum absolute atomic E-state index is 13.7. The molecule has 152 valence electrons. The van der Waals surface area contributed by atoms with E-state index in [0.717, 1.165) is 30.2 Å². The van der Waals surface area contributed by atoms with E-state index in [1.54, 1.807) is 0 Å². The minimum Gasteiger partial charge on any atom is -0.202 e. The van der Waals surface area contributed by atoms with Crippen molar-refractivity contribution in [3.8, 4) is 0 Å². The van der Waals surface area contributed by atoms with Gasteiger partial charge in [-0.2, -0.15) is 13.8 Å². The number of nitrogens with zero attached hydrogens (tertiary/aromatic N) is 1. The normalized spacial score (nSPS) is 29.0. The minimum atomic E-state index is -1.35. The van der Waals surface area contributed by atoms with Crippen molar-refractivity contribution >= 4 is 0 Å². The summed E-state index contributed by atoms with van der Waals surface area (Å²) in [6, 6.07) is 0.973. The molecule has 2 saturated carbocycles. The topological polar surface area (TPSA) is 12.9 Å². The molecule has 27 heavy (non-hydrogen) atoms. The van der Waals surface area contributed by atoms with Gasteiger partial charge in [0.25, 0.3) is 5.95 Å². The average Bonchev–Trinajstić information content (AvgIpc) is 2.69. The maximum Gasteiger partial charge on any atom is 0.251 e. The molecule has 0 bridgehead atoms. The van der Waals surface area contributed by atoms with Crippen molar-refractivity contribution in [2.24, 2.45) is 23.7 Å². The molecule has 1 nitrogen and oxygen atoms in total. The van der Waals surface area contributed by atoms with Crippen LogP contribution in [0.3, 0.4) is 0 Å². The average molecular weight is 382 g/mol. The molecule has 2 fully saturated rings. The highest BCUT2D eigenvalue weighted by molar-refractivity contribution is 5.13. The number of aromatic nitrogens is 1. The number of hydrogen-bond acceptors (Lipinski definition) is 1. The van der Waals surface area contributed by atoms with Gasteiger partial charge in [-0.25, -0.2) is 4.39 Å².